The zero-order valence-corrected chi connectivity index (χ0v) is 11.3. The molecular weight excluding hydrogens is 270 g/mol. The fourth-order valence-corrected chi connectivity index (χ4v) is 2.19. The van der Waals surface area contributed by atoms with Gasteiger partial charge in [-0.3, -0.25) is 4.79 Å². The smallest absolute Gasteiger partial charge is 0.253 e. The van der Waals surface area contributed by atoms with Crippen LogP contribution in [0.15, 0.2) is 36.7 Å². The van der Waals surface area contributed by atoms with Crippen molar-refractivity contribution in [2.75, 3.05) is 11.9 Å². The van der Waals surface area contributed by atoms with E-state index in [9.17, 15) is 9.90 Å². The van der Waals surface area contributed by atoms with Crippen LogP contribution in [0.3, 0.4) is 0 Å². The Morgan fingerprint density at radius 3 is 2.81 bits per heavy atom. The van der Waals surface area contributed by atoms with Gasteiger partial charge in [-0.05, 0) is 25.0 Å². The highest BCUT2D eigenvalue weighted by atomic mass is 16.5. The second-order valence-corrected chi connectivity index (χ2v) is 4.84. The first kappa shape index (κ1) is 13.5. The number of carbonyl (C=O) groups is 1. The Bertz CT molecular complexity index is 637. The molecule has 1 fully saturated rings. The van der Waals surface area contributed by atoms with Gasteiger partial charge in [0.15, 0.2) is 5.82 Å². The summed E-state index contributed by atoms with van der Waals surface area (Å²) in [5.41, 5.74) is 1.24. The van der Waals surface area contributed by atoms with E-state index in [1.54, 1.807) is 36.7 Å². The lowest BCUT2D eigenvalue weighted by Crippen LogP contribution is -2.26. The van der Waals surface area contributed by atoms with E-state index in [0.717, 1.165) is 12.8 Å². The SMILES string of the molecule is O=C(Nc1cnc(-c2cccc(O)c2)nc1)C1CCCO1. The number of hydrogen-bond donors (Lipinski definition) is 2. The number of rotatable bonds is 3. The molecule has 6 heteroatoms. The minimum atomic E-state index is -0.379. The van der Waals surface area contributed by atoms with Gasteiger partial charge in [0.25, 0.3) is 5.91 Å². The van der Waals surface area contributed by atoms with Crippen molar-refractivity contribution in [1.82, 2.24) is 9.97 Å². The molecule has 21 heavy (non-hydrogen) atoms. The lowest BCUT2D eigenvalue weighted by molar-refractivity contribution is -0.124. The predicted octanol–water partition coefficient (Wildman–Crippen LogP) is 1.97. The maximum Gasteiger partial charge on any atom is 0.253 e. The van der Waals surface area contributed by atoms with Gasteiger partial charge in [-0.2, -0.15) is 0 Å². The number of amides is 1. The molecule has 2 N–H and O–H groups in total. The normalized spacial score (nSPS) is 17.6. The Hall–Kier alpha value is -2.47. The van der Waals surface area contributed by atoms with Crippen LogP contribution in [0.5, 0.6) is 5.75 Å². The molecule has 3 rings (SSSR count). The van der Waals surface area contributed by atoms with Crippen LogP contribution in [0.4, 0.5) is 5.69 Å². The molecule has 1 unspecified atom stereocenters. The number of carbonyl (C=O) groups excluding carboxylic acids is 1. The van der Waals surface area contributed by atoms with Gasteiger partial charge in [-0.25, -0.2) is 9.97 Å². The molecule has 2 aromatic rings. The van der Waals surface area contributed by atoms with E-state index in [-0.39, 0.29) is 17.8 Å². The molecule has 0 saturated carbocycles. The number of hydrogen-bond acceptors (Lipinski definition) is 5. The van der Waals surface area contributed by atoms with Gasteiger partial charge in [-0.1, -0.05) is 12.1 Å². The number of nitrogens with one attached hydrogen (secondary N) is 1. The molecule has 1 atom stereocenters. The Kier molecular flexibility index (Phi) is 3.79. The second kappa shape index (κ2) is 5.88. The largest absolute Gasteiger partial charge is 0.508 e. The summed E-state index contributed by atoms with van der Waals surface area (Å²) in [4.78, 5) is 20.3. The molecule has 108 valence electrons. The standard InChI is InChI=1S/C15H15N3O3/c19-12-4-1-3-10(7-12)14-16-8-11(9-17-14)18-15(20)13-5-2-6-21-13/h1,3-4,7-9,13,19H,2,5-6H2,(H,18,20). The van der Waals surface area contributed by atoms with Crippen LogP contribution >= 0.6 is 0 Å². The highest BCUT2D eigenvalue weighted by Gasteiger charge is 2.23. The van der Waals surface area contributed by atoms with E-state index in [4.69, 9.17) is 4.74 Å². The number of phenols is 1. The Morgan fingerprint density at radius 2 is 2.14 bits per heavy atom. The van der Waals surface area contributed by atoms with Gasteiger partial charge in [0, 0.05) is 12.2 Å². The molecule has 1 saturated heterocycles. The average Bonchev–Trinajstić information content (AvgIpc) is 3.02. The quantitative estimate of drug-likeness (QED) is 0.900. The van der Waals surface area contributed by atoms with Gasteiger partial charge >= 0.3 is 0 Å². The highest BCUT2D eigenvalue weighted by Crippen LogP contribution is 2.20. The Morgan fingerprint density at radius 1 is 1.33 bits per heavy atom. The lowest BCUT2D eigenvalue weighted by atomic mass is 10.2. The highest BCUT2D eigenvalue weighted by molar-refractivity contribution is 5.94. The molecule has 0 bridgehead atoms. The van der Waals surface area contributed by atoms with Crippen LogP contribution < -0.4 is 5.32 Å². The maximum absolute atomic E-state index is 11.9. The van der Waals surface area contributed by atoms with E-state index in [1.807, 2.05) is 0 Å². The summed E-state index contributed by atoms with van der Waals surface area (Å²) in [6, 6.07) is 6.69. The van der Waals surface area contributed by atoms with Crippen molar-refractivity contribution in [2.24, 2.45) is 0 Å². The van der Waals surface area contributed by atoms with Gasteiger partial charge < -0.3 is 15.2 Å². The van der Waals surface area contributed by atoms with Crippen molar-refractivity contribution in [3.05, 3.63) is 36.7 Å². The van der Waals surface area contributed by atoms with Crippen LogP contribution in [-0.4, -0.2) is 33.7 Å². The third kappa shape index (κ3) is 3.17. The molecule has 0 spiro atoms. The monoisotopic (exact) mass is 285 g/mol. The van der Waals surface area contributed by atoms with Crippen LogP contribution in [0.1, 0.15) is 12.8 Å². The molecule has 1 amide bonds. The molecule has 1 aromatic heterocycles. The summed E-state index contributed by atoms with van der Waals surface area (Å²) >= 11 is 0. The summed E-state index contributed by atoms with van der Waals surface area (Å²) < 4.78 is 5.31. The third-order valence-corrected chi connectivity index (χ3v) is 3.25. The van der Waals surface area contributed by atoms with Crippen molar-refractivity contribution in [3.8, 4) is 17.1 Å². The molecule has 1 aliphatic heterocycles. The number of aromatic hydroxyl groups is 1. The summed E-state index contributed by atoms with van der Waals surface area (Å²) in [6.45, 7) is 0.630. The zero-order chi connectivity index (χ0) is 14.7. The molecule has 2 heterocycles. The summed E-state index contributed by atoms with van der Waals surface area (Å²) in [7, 11) is 0. The number of anilines is 1. The van der Waals surface area contributed by atoms with Crippen molar-refractivity contribution in [2.45, 2.75) is 18.9 Å². The molecule has 1 aliphatic rings. The fraction of sp³-hybridized carbons (Fsp3) is 0.267. The molecule has 0 aliphatic carbocycles. The van der Waals surface area contributed by atoms with E-state index < -0.39 is 0 Å². The summed E-state index contributed by atoms with van der Waals surface area (Å²) in [5.74, 6) is 0.481. The second-order valence-electron chi connectivity index (χ2n) is 4.84. The van der Waals surface area contributed by atoms with Crippen molar-refractivity contribution in [3.63, 3.8) is 0 Å². The van der Waals surface area contributed by atoms with Crippen LogP contribution in [0.25, 0.3) is 11.4 Å². The minimum Gasteiger partial charge on any atom is -0.508 e. The first-order chi connectivity index (χ1) is 10.2. The van der Waals surface area contributed by atoms with Crippen molar-refractivity contribution < 1.29 is 14.6 Å². The first-order valence-electron chi connectivity index (χ1n) is 6.76. The average molecular weight is 285 g/mol. The number of aromatic nitrogens is 2. The van der Waals surface area contributed by atoms with Gasteiger partial charge in [0.05, 0.1) is 18.1 Å². The Balaban J connectivity index is 1.70. The number of benzene rings is 1. The van der Waals surface area contributed by atoms with E-state index in [1.165, 1.54) is 0 Å². The van der Waals surface area contributed by atoms with Crippen molar-refractivity contribution >= 4 is 11.6 Å². The van der Waals surface area contributed by atoms with Crippen LogP contribution in [-0.2, 0) is 9.53 Å². The third-order valence-electron chi connectivity index (χ3n) is 3.25. The number of ether oxygens (including phenoxy) is 1. The van der Waals surface area contributed by atoms with E-state index >= 15 is 0 Å². The van der Waals surface area contributed by atoms with E-state index in [0.29, 0.717) is 23.7 Å². The Labute approximate surface area is 121 Å². The summed E-state index contributed by atoms with van der Waals surface area (Å²) in [5, 5.41) is 12.2. The number of nitrogens with zero attached hydrogens (tertiary/aromatic N) is 2. The maximum atomic E-state index is 11.9. The minimum absolute atomic E-state index is 0.159. The van der Waals surface area contributed by atoms with E-state index in [2.05, 4.69) is 15.3 Å². The fourth-order valence-electron chi connectivity index (χ4n) is 2.19. The van der Waals surface area contributed by atoms with Crippen LogP contribution in [0.2, 0.25) is 0 Å². The topological polar surface area (TPSA) is 84.3 Å². The predicted molar refractivity (Wildman–Crippen MR) is 76.7 cm³/mol. The van der Waals surface area contributed by atoms with Gasteiger partial charge in [0.1, 0.15) is 11.9 Å². The first-order valence-corrected chi connectivity index (χ1v) is 6.76. The van der Waals surface area contributed by atoms with Gasteiger partial charge in [-0.15, -0.1) is 0 Å². The lowest BCUT2D eigenvalue weighted by Gasteiger charge is -2.10. The molecule has 0 radical (unpaired) electrons. The molecular formula is C15H15N3O3. The molecule has 6 nitrogen and oxygen atoms in total. The van der Waals surface area contributed by atoms with Crippen LogP contribution in [0, 0.1) is 0 Å². The van der Waals surface area contributed by atoms with Crippen molar-refractivity contribution in [1.29, 1.82) is 0 Å². The number of phenolic OH excluding ortho intramolecular Hbond substituents is 1. The van der Waals surface area contributed by atoms with Gasteiger partial charge in [0.2, 0.25) is 0 Å². The molecule has 1 aromatic carbocycles. The zero-order valence-electron chi connectivity index (χ0n) is 11.3. The summed E-state index contributed by atoms with van der Waals surface area (Å²) in [6.07, 6.45) is 4.35.